The number of nitrogens with zero attached hydrogens (tertiary/aromatic N) is 1. The van der Waals surface area contributed by atoms with E-state index in [0.29, 0.717) is 36.1 Å². The minimum atomic E-state index is -0.531. The number of amides is 1. The van der Waals surface area contributed by atoms with Crippen LogP contribution in [0.15, 0.2) is 66.7 Å². The molecule has 202 valence electrons. The Bertz CT molecular complexity index is 1200. The van der Waals surface area contributed by atoms with Crippen molar-refractivity contribution in [3.05, 3.63) is 66.7 Å². The molecule has 0 saturated carbocycles. The SMILES string of the molecule is COc1ccc(Oc2ccc(NC[C@@H]3CCCN3C(=O)OC(C)(C)C)c(Oc3ccc(OC)cc3)c2)cc1. The molecule has 1 atom stereocenters. The monoisotopic (exact) mass is 520 g/mol. The number of hydrogen-bond acceptors (Lipinski definition) is 7. The van der Waals surface area contributed by atoms with Crippen molar-refractivity contribution in [2.45, 2.75) is 45.3 Å². The third kappa shape index (κ3) is 7.25. The molecule has 3 aromatic carbocycles. The van der Waals surface area contributed by atoms with E-state index < -0.39 is 5.60 Å². The van der Waals surface area contributed by atoms with Crippen LogP contribution in [-0.4, -0.2) is 49.9 Å². The van der Waals surface area contributed by atoms with Gasteiger partial charge in [0.1, 0.15) is 34.3 Å². The first-order chi connectivity index (χ1) is 18.2. The molecule has 1 aliphatic rings. The molecule has 3 aromatic rings. The fraction of sp³-hybridized carbons (Fsp3) is 0.367. The molecule has 0 aliphatic carbocycles. The van der Waals surface area contributed by atoms with E-state index in [4.69, 9.17) is 23.7 Å². The van der Waals surface area contributed by atoms with E-state index in [1.807, 2.05) is 92.4 Å². The van der Waals surface area contributed by atoms with Crippen molar-refractivity contribution in [2.75, 3.05) is 32.6 Å². The van der Waals surface area contributed by atoms with Gasteiger partial charge >= 0.3 is 6.09 Å². The number of hydrogen-bond donors (Lipinski definition) is 1. The number of benzene rings is 3. The number of likely N-dealkylation sites (tertiary alicyclic amines) is 1. The normalized spacial score (nSPS) is 15.1. The van der Waals surface area contributed by atoms with Crippen molar-refractivity contribution in [1.29, 1.82) is 0 Å². The lowest BCUT2D eigenvalue weighted by Gasteiger charge is -2.29. The minimum absolute atomic E-state index is 0.0221. The average molecular weight is 521 g/mol. The van der Waals surface area contributed by atoms with Crippen LogP contribution >= 0.6 is 0 Å². The number of anilines is 1. The summed E-state index contributed by atoms with van der Waals surface area (Å²) in [5.74, 6) is 4.07. The summed E-state index contributed by atoms with van der Waals surface area (Å²) in [4.78, 5) is 14.5. The lowest BCUT2D eigenvalue weighted by atomic mass is 10.2. The Morgan fingerprint density at radius 2 is 1.39 bits per heavy atom. The fourth-order valence-corrected chi connectivity index (χ4v) is 4.18. The Hall–Kier alpha value is -4.07. The first kappa shape index (κ1) is 27.0. The lowest BCUT2D eigenvalue weighted by molar-refractivity contribution is 0.0235. The van der Waals surface area contributed by atoms with Gasteiger partial charge in [0.2, 0.25) is 0 Å². The van der Waals surface area contributed by atoms with E-state index in [1.165, 1.54) is 0 Å². The van der Waals surface area contributed by atoms with Gasteiger partial charge in [-0.3, -0.25) is 0 Å². The smallest absolute Gasteiger partial charge is 0.410 e. The van der Waals surface area contributed by atoms with Crippen LogP contribution in [0.25, 0.3) is 0 Å². The van der Waals surface area contributed by atoms with Gasteiger partial charge in [-0.05, 0) is 94.3 Å². The van der Waals surface area contributed by atoms with Crippen LogP contribution in [0.5, 0.6) is 34.5 Å². The summed E-state index contributed by atoms with van der Waals surface area (Å²) in [5.41, 5.74) is 0.260. The van der Waals surface area contributed by atoms with Gasteiger partial charge in [0.25, 0.3) is 0 Å². The summed E-state index contributed by atoms with van der Waals surface area (Å²) in [6.45, 7) is 6.90. The maximum atomic E-state index is 12.7. The molecule has 38 heavy (non-hydrogen) atoms. The van der Waals surface area contributed by atoms with Crippen molar-refractivity contribution in [1.82, 2.24) is 4.90 Å². The van der Waals surface area contributed by atoms with Crippen LogP contribution < -0.4 is 24.3 Å². The minimum Gasteiger partial charge on any atom is -0.497 e. The molecule has 8 heteroatoms. The summed E-state index contributed by atoms with van der Waals surface area (Å²) in [7, 11) is 3.25. The second-order valence-electron chi connectivity index (χ2n) is 10.1. The Labute approximate surface area is 224 Å². The lowest BCUT2D eigenvalue weighted by Crippen LogP contribution is -2.42. The van der Waals surface area contributed by atoms with E-state index in [0.717, 1.165) is 30.0 Å². The highest BCUT2D eigenvalue weighted by Gasteiger charge is 2.32. The number of carbonyl (C=O) groups excluding carboxylic acids is 1. The molecule has 1 heterocycles. The van der Waals surface area contributed by atoms with Gasteiger partial charge in [-0.1, -0.05) is 0 Å². The first-order valence-corrected chi connectivity index (χ1v) is 12.8. The Balaban J connectivity index is 1.52. The summed E-state index contributed by atoms with van der Waals surface area (Å²) in [6.07, 6.45) is 1.56. The van der Waals surface area contributed by atoms with Crippen molar-refractivity contribution in [3.8, 4) is 34.5 Å². The van der Waals surface area contributed by atoms with E-state index in [9.17, 15) is 4.79 Å². The first-order valence-electron chi connectivity index (χ1n) is 12.8. The number of rotatable bonds is 9. The third-order valence-electron chi connectivity index (χ3n) is 6.07. The van der Waals surface area contributed by atoms with Crippen LogP contribution in [0.1, 0.15) is 33.6 Å². The standard InChI is InChI=1S/C30H36N2O6/c1-30(2,3)38-29(33)32-18-6-7-21(32)20-31-27-17-16-26(36-24-12-8-22(34-4)9-13-24)19-28(27)37-25-14-10-23(35-5)11-15-25/h8-17,19,21,31H,6-7,18,20H2,1-5H3/t21-/m0/s1. The number of methoxy groups -OCH3 is 2. The van der Waals surface area contributed by atoms with Gasteiger partial charge in [0.05, 0.1) is 25.9 Å². The molecule has 1 N–H and O–H groups in total. The van der Waals surface area contributed by atoms with E-state index in [1.54, 1.807) is 14.2 Å². The zero-order chi connectivity index (χ0) is 27.1. The number of ether oxygens (including phenoxy) is 5. The predicted molar refractivity (Wildman–Crippen MR) is 147 cm³/mol. The van der Waals surface area contributed by atoms with E-state index in [2.05, 4.69) is 5.32 Å². The predicted octanol–water partition coefficient (Wildman–Crippen LogP) is 7.10. The molecule has 1 aliphatic heterocycles. The highest BCUT2D eigenvalue weighted by atomic mass is 16.6. The van der Waals surface area contributed by atoms with E-state index in [-0.39, 0.29) is 12.1 Å². The molecule has 0 radical (unpaired) electrons. The third-order valence-corrected chi connectivity index (χ3v) is 6.07. The van der Waals surface area contributed by atoms with Crippen molar-refractivity contribution in [2.24, 2.45) is 0 Å². The molecule has 8 nitrogen and oxygen atoms in total. The molecule has 0 aromatic heterocycles. The molecule has 1 fully saturated rings. The molecule has 1 amide bonds. The highest BCUT2D eigenvalue weighted by molar-refractivity contribution is 5.69. The molecule has 0 spiro atoms. The van der Waals surface area contributed by atoms with Gasteiger partial charge in [-0.2, -0.15) is 0 Å². The maximum Gasteiger partial charge on any atom is 0.410 e. The second-order valence-corrected chi connectivity index (χ2v) is 10.1. The van der Waals surface area contributed by atoms with Gasteiger partial charge in [-0.15, -0.1) is 0 Å². The Morgan fingerprint density at radius 1 is 0.842 bits per heavy atom. The molecule has 4 rings (SSSR count). The zero-order valence-corrected chi connectivity index (χ0v) is 22.7. The summed E-state index contributed by atoms with van der Waals surface area (Å²) >= 11 is 0. The van der Waals surface area contributed by atoms with Gasteiger partial charge in [0.15, 0.2) is 5.75 Å². The molecular weight excluding hydrogens is 484 g/mol. The van der Waals surface area contributed by atoms with E-state index >= 15 is 0 Å². The highest BCUT2D eigenvalue weighted by Crippen LogP contribution is 2.36. The molecular formula is C30H36N2O6. The zero-order valence-electron chi connectivity index (χ0n) is 22.7. The van der Waals surface area contributed by atoms with Crippen LogP contribution in [0.3, 0.4) is 0 Å². The van der Waals surface area contributed by atoms with Crippen molar-refractivity contribution >= 4 is 11.8 Å². The van der Waals surface area contributed by atoms with Crippen molar-refractivity contribution < 1.29 is 28.5 Å². The summed E-state index contributed by atoms with van der Waals surface area (Å²) < 4.78 is 28.4. The quantitative estimate of drug-likeness (QED) is 0.322. The van der Waals surface area contributed by atoms with Crippen LogP contribution in [0.2, 0.25) is 0 Å². The second kappa shape index (κ2) is 12.0. The van der Waals surface area contributed by atoms with Gasteiger partial charge in [0, 0.05) is 19.2 Å². The van der Waals surface area contributed by atoms with Gasteiger partial charge < -0.3 is 33.9 Å². The summed E-state index contributed by atoms with van der Waals surface area (Å²) in [6, 6.07) is 20.4. The number of nitrogens with one attached hydrogen (secondary N) is 1. The largest absolute Gasteiger partial charge is 0.497 e. The number of carbonyl (C=O) groups is 1. The molecule has 1 saturated heterocycles. The molecule has 0 bridgehead atoms. The van der Waals surface area contributed by atoms with Gasteiger partial charge in [-0.25, -0.2) is 4.79 Å². The Kier molecular flexibility index (Phi) is 8.51. The summed E-state index contributed by atoms with van der Waals surface area (Å²) in [5, 5.41) is 3.48. The fourth-order valence-electron chi connectivity index (χ4n) is 4.18. The van der Waals surface area contributed by atoms with Crippen LogP contribution in [0, 0.1) is 0 Å². The van der Waals surface area contributed by atoms with Crippen LogP contribution in [-0.2, 0) is 4.74 Å². The topological polar surface area (TPSA) is 78.5 Å². The van der Waals surface area contributed by atoms with Crippen LogP contribution in [0.4, 0.5) is 10.5 Å². The Morgan fingerprint density at radius 3 is 1.97 bits per heavy atom. The van der Waals surface area contributed by atoms with Crippen molar-refractivity contribution in [3.63, 3.8) is 0 Å². The maximum absolute atomic E-state index is 12.7. The molecule has 0 unspecified atom stereocenters. The average Bonchev–Trinajstić information content (AvgIpc) is 3.37.